The van der Waals surface area contributed by atoms with Crippen molar-refractivity contribution in [2.45, 2.75) is 42.3 Å². The minimum Gasteiger partial charge on any atom is -0.347 e. The van der Waals surface area contributed by atoms with Crippen LogP contribution in [0.25, 0.3) is 11.0 Å². The Morgan fingerprint density at radius 1 is 1.17 bits per heavy atom. The molecule has 1 saturated carbocycles. The number of para-hydroxylation sites is 2. The van der Waals surface area contributed by atoms with Crippen LogP contribution >= 0.6 is 11.8 Å². The van der Waals surface area contributed by atoms with Crippen LogP contribution in [0.15, 0.2) is 72.4 Å². The summed E-state index contributed by atoms with van der Waals surface area (Å²) in [4.78, 5) is 24.8. The van der Waals surface area contributed by atoms with Crippen LogP contribution in [0.3, 0.4) is 0 Å². The first-order chi connectivity index (χ1) is 14.8. The number of carbonyl (C=O) groups is 1. The maximum Gasteiger partial charge on any atom is 0.251 e. The smallest absolute Gasteiger partial charge is 0.251 e. The predicted molar refractivity (Wildman–Crippen MR) is 118 cm³/mol. The quantitative estimate of drug-likeness (QED) is 0.451. The summed E-state index contributed by atoms with van der Waals surface area (Å²) in [6.07, 6.45) is 8.79. The highest BCUT2D eigenvalue weighted by Crippen LogP contribution is 2.30. The van der Waals surface area contributed by atoms with E-state index in [1.54, 1.807) is 18.0 Å². The van der Waals surface area contributed by atoms with Crippen molar-refractivity contribution in [2.75, 3.05) is 0 Å². The highest BCUT2D eigenvalue weighted by Gasteiger charge is 2.29. The summed E-state index contributed by atoms with van der Waals surface area (Å²) in [6, 6.07) is 16.3. The zero-order valence-corrected chi connectivity index (χ0v) is 17.3. The Morgan fingerprint density at radius 2 is 2.03 bits per heavy atom. The molecule has 1 amide bonds. The first-order valence-electron chi connectivity index (χ1n) is 10.2. The van der Waals surface area contributed by atoms with E-state index in [4.69, 9.17) is 0 Å². The number of nitrogens with zero attached hydrogens (tertiary/aromatic N) is 3. The van der Waals surface area contributed by atoms with E-state index in [9.17, 15) is 4.79 Å². The molecular weight excluding hydrogens is 394 g/mol. The number of aromatic nitrogens is 4. The third-order valence-corrected chi connectivity index (χ3v) is 6.61. The highest BCUT2D eigenvalue weighted by atomic mass is 32.2. The summed E-state index contributed by atoms with van der Waals surface area (Å²) < 4.78 is 2.11. The number of fused-ring (bicyclic) bond motifs is 1. The van der Waals surface area contributed by atoms with Crippen molar-refractivity contribution in [1.82, 2.24) is 24.8 Å². The molecular formula is C23H23N5OS. The topological polar surface area (TPSA) is 75.6 Å². The van der Waals surface area contributed by atoms with E-state index in [1.807, 2.05) is 61.1 Å². The average Bonchev–Trinajstić information content (AvgIpc) is 3.52. The van der Waals surface area contributed by atoms with E-state index < -0.39 is 0 Å². The van der Waals surface area contributed by atoms with E-state index in [0.29, 0.717) is 5.56 Å². The van der Waals surface area contributed by atoms with Gasteiger partial charge >= 0.3 is 0 Å². The molecule has 1 aliphatic rings. The number of rotatable bonds is 6. The highest BCUT2D eigenvalue weighted by molar-refractivity contribution is 7.98. The fourth-order valence-corrected chi connectivity index (χ4v) is 4.93. The van der Waals surface area contributed by atoms with Gasteiger partial charge in [0.2, 0.25) is 0 Å². The van der Waals surface area contributed by atoms with Crippen molar-refractivity contribution in [3.05, 3.63) is 78.4 Å². The molecule has 2 aromatic carbocycles. The lowest BCUT2D eigenvalue weighted by Gasteiger charge is -2.22. The van der Waals surface area contributed by atoms with Gasteiger partial charge in [-0.3, -0.25) is 4.79 Å². The summed E-state index contributed by atoms with van der Waals surface area (Å²) in [5, 5.41) is 4.13. The Hall–Kier alpha value is -3.06. The second-order valence-corrected chi connectivity index (χ2v) is 8.60. The zero-order valence-electron chi connectivity index (χ0n) is 16.5. The normalized spacial score (nSPS) is 18.7. The van der Waals surface area contributed by atoms with Crippen molar-refractivity contribution in [3.8, 4) is 0 Å². The second kappa shape index (κ2) is 8.36. The lowest BCUT2D eigenvalue weighted by Crippen LogP contribution is -2.38. The molecule has 152 valence electrons. The van der Waals surface area contributed by atoms with Gasteiger partial charge in [-0.1, -0.05) is 36.0 Å². The summed E-state index contributed by atoms with van der Waals surface area (Å²) in [5.74, 6) is 0.788. The van der Waals surface area contributed by atoms with Gasteiger partial charge in [0, 0.05) is 29.8 Å². The van der Waals surface area contributed by atoms with Crippen LogP contribution in [-0.2, 0) is 5.75 Å². The fourth-order valence-electron chi connectivity index (χ4n) is 4.08. The number of hydrogen-bond donors (Lipinski definition) is 2. The first kappa shape index (κ1) is 18.9. The van der Waals surface area contributed by atoms with Crippen LogP contribution in [0, 0.1) is 0 Å². The van der Waals surface area contributed by atoms with E-state index in [0.717, 1.165) is 46.8 Å². The molecule has 0 bridgehead atoms. The molecule has 2 aromatic heterocycles. The maximum atomic E-state index is 12.7. The number of hydrogen-bond acceptors (Lipinski definition) is 4. The van der Waals surface area contributed by atoms with Crippen LogP contribution in [0.4, 0.5) is 0 Å². The van der Waals surface area contributed by atoms with Gasteiger partial charge in [-0.25, -0.2) is 9.97 Å². The van der Waals surface area contributed by atoms with E-state index in [1.165, 1.54) is 0 Å². The second-order valence-electron chi connectivity index (χ2n) is 7.63. The van der Waals surface area contributed by atoms with Gasteiger partial charge in [0.05, 0.1) is 23.4 Å². The maximum absolute atomic E-state index is 12.7. The van der Waals surface area contributed by atoms with Crippen molar-refractivity contribution < 1.29 is 4.79 Å². The first-order valence-corrected chi connectivity index (χ1v) is 11.2. The Kier molecular flexibility index (Phi) is 5.27. The molecule has 0 aliphatic heterocycles. The molecule has 30 heavy (non-hydrogen) atoms. The van der Waals surface area contributed by atoms with Crippen LogP contribution in [0.5, 0.6) is 0 Å². The number of H-pyrrole nitrogens is 1. The number of benzene rings is 2. The largest absolute Gasteiger partial charge is 0.347 e. The number of amides is 1. The number of imidazole rings is 2. The predicted octanol–water partition coefficient (Wildman–Crippen LogP) is 4.58. The summed E-state index contributed by atoms with van der Waals surface area (Å²) in [7, 11) is 0. The molecule has 2 N–H and O–H groups in total. The van der Waals surface area contributed by atoms with Crippen molar-refractivity contribution in [3.63, 3.8) is 0 Å². The molecule has 1 aliphatic carbocycles. The van der Waals surface area contributed by atoms with E-state index >= 15 is 0 Å². The molecule has 0 saturated heterocycles. The SMILES string of the molecule is O=C(NC1CCCC1n1ccnc1)c1ccc(CSc2nc3ccccc3[nH]2)cc1. The fraction of sp³-hybridized carbons (Fsp3) is 0.261. The van der Waals surface area contributed by atoms with Gasteiger partial charge in [-0.15, -0.1) is 0 Å². The van der Waals surface area contributed by atoms with Gasteiger partial charge < -0.3 is 14.9 Å². The van der Waals surface area contributed by atoms with Crippen LogP contribution in [0.2, 0.25) is 0 Å². The number of nitrogens with one attached hydrogen (secondary N) is 2. The lowest BCUT2D eigenvalue weighted by molar-refractivity contribution is 0.0929. The summed E-state index contributed by atoms with van der Waals surface area (Å²) in [5.41, 5.74) is 3.89. The molecule has 6 nitrogen and oxygen atoms in total. The van der Waals surface area contributed by atoms with Gasteiger partial charge in [0.25, 0.3) is 5.91 Å². The van der Waals surface area contributed by atoms with Gasteiger partial charge in [0.1, 0.15) is 0 Å². The minimum absolute atomic E-state index is 0.0106. The van der Waals surface area contributed by atoms with E-state index in [-0.39, 0.29) is 18.0 Å². The van der Waals surface area contributed by atoms with Crippen LogP contribution in [-0.4, -0.2) is 31.5 Å². The molecule has 4 aromatic rings. The van der Waals surface area contributed by atoms with Crippen LogP contribution < -0.4 is 5.32 Å². The van der Waals surface area contributed by atoms with Gasteiger partial charge in [-0.2, -0.15) is 0 Å². The zero-order chi connectivity index (χ0) is 20.3. The molecule has 0 spiro atoms. The van der Waals surface area contributed by atoms with Crippen molar-refractivity contribution in [1.29, 1.82) is 0 Å². The standard InChI is InChI=1S/C23H23N5OS/c29-22(25-20-6-3-7-21(20)28-13-12-24-15-28)17-10-8-16(9-11-17)14-30-23-26-18-4-1-2-5-19(18)27-23/h1-2,4-5,8-13,15,20-21H,3,6-7,14H2,(H,25,29)(H,26,27). The Balaban J connectivity index is 1.19. The number of thioether (sulfide) groups is 1. The average molecular weight is 418 g/mol. The molecule has 2 unspecified atom stereocenters. The van der Waals surface area contributed by atoms with E-state index in [2.05, 4.69) is 24.8 Å². The summed E-state index contributed by atoms with van der Waals surface area (Å²) >= 11 is 1.66. The molecule has 5 rings (SSSR count). The number of aromatic amines is 1. The van der Waals surface area contributed by atoms with Gasteiger partial charge in [0.15, 0.2) is 5.16 Å². The third kappa shape index (κ3) is 3.98. The monoisotopic (exact) mass is 417 g/mol. The van der Waals surface area contributed by atoms with Gasteiger partial charge in [-0.05, 0) is 49.1 Å². The molecule has 0 radical (unpaired) electrons. The molecule has 1 fully saturated rings. The summed E-state index contributed by atoms with van der Waals surface area (Å²) in [6.45, 7) is 0. The molecule has 2 heterocycles. The Labute approximate surface area is 179 Å². The molecule has 7 heteroatoms. The number of carbonyl (C=O) groups excluding carboxylic acids is 1. The van der Waals surface area contributed by atoms with Crippen molar-refractivity contribution in [2.24, 2.45) is 0 Å². The Bertz CT molecular complexity index is 1100. The van der Waals surface area contributed by atoms with Crippen LogP contribution in [0.1, 0.15) is 41.2 Å². The third-order valence-electron chi connectivity index (χ3n) is 5.66. The lowest BCUT2D eigenvalue weighted by atomic mass is 10.1. The Morgan fingerprint density at radius 3 is 2.83 bits per heavy atom. The molecule has 2 atom stereocenters. The minimum atomic E-state index is -0.0106. The van der Waals surface area contributed by atoms with Crippen molar-refractivity contribution >= 4 is 28.7 Å².